The van der Waals surface area contributed by atoms with Gasteiger partial charge in [0.25, 0.3) is 5.78 Å². The van der Waals surface area contributed by atoms with Crippen molar-refractivity contribution < 1.29 is 24.2 Å². The zero-order valence-corrected chi connectivity index (χ0v) is 23.7. The van der Waals surface area contributed by atoms with Gasteiger partial charge in [-0.2, -0.15) is 0 Å². The Kier molecular flexibility index (Phi) is 6.66. The normalized spacial score (nSPS) is 17.1. The molecular formula is C32H33N3O5. The van der Waals surface area contributed by atoms with E-state index in [4.69, 9.17) is 9.47 Å². The summed E-state index contributed by atoms with van der Waals surface area (Å²) in [5.74, 6) is -0.685. The van der Waals surface area contributed by atoms with Crippen LogP contribution in [0.25, 0.3) is 16.8 Å². The number of benzene rings is 3. The highest BCUT2D eigenvalue weighted by Gasteiger charge is 2.48. The lowest BCUT2D eigenvalue weighted by Crippen LogP contribution is -2.30. The van der Waals surface area contributed by atoms with Crippen molar-refractivity contribution in [3.63, 3.8) is 0 Å². The van der Waals surface area contributed by atoms with E-state index in [0.717, 1.165) is 22.2 Å². The highest BCUT2D eigenvalue weighted by atomic mass is 16.5. The Morgan fingerprint density at radius 3 is 2.25 bits per heavy atom. The van der Waals surface area contributed by atoms with Crippen LogP contribution in [0.4, 0.5) is 5.95 Å². The van der Waals surface area contributed by atoms with E-state index in [0.29, 0.717) is 28.1 Å². The topological polar surface area (TPSA) is 105 Å². The number of nitrogens with one attached hydrogen (secondary N) is 1. The molecular weight excluding hydrogens is 506 g/mol. The number of aromatic amines is 1. The molecule has 2 N–H and O–H groups in total. The Morgan fingerprint density at radius 1 is 0.950 bits per heavy atom. The molecule has 0 saturated carbocycles. The molecule has 0 spiro atoms. The SMILES string of the molecule is COc1ccc(C2/C(=C(\O)c3cc(C(C)(C)C)ccc3OC)C(=O)C(=O)N2c2nc3cc(C)c(C)cc3[nH]2)cc1. The zero-order valence-electron chi connectivity index (χ0n) is 23.7. The van der Waals surface area contributed by atoms with Crippen LogP contribution in [0, 0.1) is 13.8 Å². The summed E-state index contributed by atoms with van der Waals surface area (Å²) < 4.78 is 10.9. The molecule has 1 aromatic heterocycles. The van der Waals surface area contributed by atoms with Crippen molar-refractivity contribution in [1.29, 1.82) is 0 Å². The number of nitrogens with zero attached hydrogens (tertiary/aromatic N) is 2. The van der Waals surface area contributed by atoms with Gasteiger partial charge in [0.05, 0.1) is 42.4 Å². The molecule has 2 heterocycles. The third kappa shape index (κ3) is 4.49. The molecule has 1 aliphatic heterocycles. The first kappa shape index (κ1) is 27.0. The van der Waals surface area contributed by atoms with Crippen LogP contribution < -0.4 is 14.4 Å². The van der Waals surface area contributed by atoms with Crippen LogP contribution in [0.5, 0.6) is 11.5 Å². The van der Waals surface area contributed by atoms with E-state index in [1.54, 1.807) is 43.5 Å². The molecule has 0 radical (unpaired) electrons. The largest absolute Gasteiger partial charge is 0.507 e. The van der Waals surface area contributed by atoms with Crippen LogP contribution in [0.1, 0.15) is 54.6 Å². The van der Waals surface area contributed by atoms with E-state index in [9.17, 15) is 14.7 Å². The van der Waals surface area contributed by atoms with Crippen molar-refractivity contribution in [1.82, 2.24) is 9.97 Å². The Labute approximate surface area is 233 Å². The lowest BCUT2D eigenvalue weighted by atomic mass is 9.85. The number of carbonyl (C=O) groups is 2. The first-order valence-corrected chi connectivity index (χ1v) is 13.1. The van der Waals surface area contributed by atoms with Crippen molar-refractivity contribution in [3.05, 3.63) is 88.0 Å². The van der Waals surface area contributed by atoms with Crippen LogP contribution in [0.15, 0.2) is 60.2 Å². The van der Waals surface area contributed by atoms with Gasteiger partial charge in [-0.05, 0) is 77.9 Å². The number of aliphatic hydroxyl groups is 1. The molecule has 206 valence electrons. The number of H-pyrrole nitrogens is 1. The maximum Gasteiger partial charge on any atom is 0.302 e. The number of fused-ring (bicyclic) bond motifs is 1. The van der Waals surface area contributed by atoms with Gasteiger partial charge < -0.3 is 19.6 Å². The maximum atomic E-state index is 13.7. The molecule has 1 saturated heterocycles. The van der Waals surface area contributed by atoms with E-state index < -0.39 is 17.7 Å². The van der Waals surface area contributed by atoms with E-state index in [1.807, 2.05) is 32.0 Å². The summed E-state index contributed by atoms with van der Waals surface area (Å²) in [5, 5.41) is 11.8. The zero-order chi connectivity index (χ0) is 28.9. The van der Waals surface area contributed by atoms with Gasteiger partial charge in [-0.1, -0.05) is 39.0 Å². The van der Waals surface area contributed by atoms with E-state index in [1.165, 1.54) is 12.0 Å². The lowest BCUT2D eigenvalue weighted by molar-refractivity contribution is -0.132. The Balaban J connectivity index is 1.76. The molecule has 40 heavy (non-hydrogen) atoms. The second-order valence-corrected chi connectivity index (χ2v) is 11.1. The summed E-state index contributed by atoms with van der Waals surface area (Å²) >= 11 is 0. The van der Waals surface area contributed by atoms with Crippen molar-refractivity contribution >= 4 is 34.4 Å². The Bertz CT molecular complexity index is 1640. The van der Waals surface area contributed by atoms with Gasteiger partial charge in [-0.3, -0.25) is 14.5 Å². The number of carbonyl (C=O) groups excluding carboxylic acids is 2. The second-order valence-electron chi connectivity index (χ2n) is 11.1. The number of imidazole rings is 1. The molecule has 1 fully saturated rings. The van der Waals surface area contributed by atoms with Crippen molar-refractivity contribution in [2.45, 2.75) is 46.1 Å². The van der Waals surface area contributed by atoms with E-state index >= 15 is 0 Å². The lowest BCUT2D eigenvalue weighted by Gasteiger charge is -2.24. The Hall–Kier alpha value is -4.59. The van der Waals surface area contributed by atoms with Gasteiger partial charge >= 0.3 is 5.91 Å². The number of hydrogen-bond donors (Lipinski definition) is 2. The fourth-order valence-electron chi connectivity index (χ4n) is 5.03. The number of aliphatic hydroxyl groups excluding tert-OH is 1. The summed E-state index contributed by atoms with van der Waals surface area (Å²) in [4.78, 5) is 36.6. The minimum atomic E-state index is -0.948. The van der Waals surface area contributed by atoms with E-state index in [-0.39, 0.29) is 22.7 Å². The number of hydrogen-bond acceptors (Lipinski definition) is 6. The number of aryl methyl sites for hydroxylation is 2. The molecule has 0 bridgehead atoms. The number of ketones is 1. The molecule has 8 nitrogen and oxygen atoms in total. The van der Waals surface area contributed by atoms with Gasteiger partial charge in [0.1, 0.15) is 17.3 Å². The average Bonchev–Trinajstić information content (AvgIpc) is 3.44. The number of Topliss-reactive ketones (excluding diaryl/α,β-unsaturated/α-hetero) is 1. The fraction of sp³-hybridized carbons (Fsp3) is 0.281. The predicted octanol–water partition coefficient (Wildman–Crippen LogP) is 6.12. The fourth-order valence-corrected chi connectivity index (χ4v) is 5.03. The van der Waals surface area contributed by atoms with Gasteiger partial charge in [-0.25, -0.2) is 4.98 Å². The third-order valence-corrected chi connectivity index (χ3v) is 7.51. The van der Waals surface area contributed by atoms with Crippen molar-refractivity contribution in [2.24, 2.45) is 0 Å². The first-order valence-electron chi connectivity index (χ1n) is 13.1. The molecule has 1 amide bonds. The van der Waals surface area contributed by atoms with Gasteiger partial charge in [0.15, 0.2) is 0 Å². The number of rotatable bonds is 5. The summed E-state index contributed by atoms with van der Waals surface area (Å²) in [6.07, 6.45) is 0. The molecule has 8 heteroatoms. The van der Waals surface area contributed by atoms with Crippen LogP contribution in [-0.2, 0) is 15.0 Å². The monoisotopic (exact) mass is 539 g/mol. The summed E-state index contributed by atoms with van der Waals surface area (Å²) in [7, 11) is 3.06. The summed E-state index contributed by atoms with van der Waals surface area (Å²) in [6, 6.07) is 15.5. The second kappa shape index (κ2) is 9.86. The number of methoxy groups -OCH3 is 2. The molecule has 5 rings (SSSR count). The minimum Gasteiger partial charge on any atom is -0.507 e. The molecule has 1 unspecified atom stereocenters. The van der Waals surface area contributed by atoms with Crippen LogP contribution in [-0.4, -0.2) is 41.0 Å². The van der Waals surface area contributed by atoms with E-state index in [2.05, 4.69) is 30.7 Å². The number of ether oxygens (including phenoxy) is 2. The third-order valence-electron chi connectivity index (χ3n) is 7.51. The van der Waals surface area contributed by atoms with Crippen LogP contribution >= 0.6 is 0 Å². The number of anilines is 1. The smallest absolute Gasteiger partial charge is 0.302 e. The number of aromatic nitrogens is 2. The minimum absolute atomic E-state index is 0.0488. The van der Waals surface area contributed by atoms with Gasteiger partial charge in [-0.15, -0.1) is 0 Å². The molecule has 3 aromatic carbocycles. The van der Waals surface area contributed by atoms with Gasteiger partial charge in [0, 0.05) is 0 Å². The molecule has 1 atom stereocenters. The van der Waals surface area contributed by atoms with Crippen molar-refractivity contribution in [3.8, 4) is 11.5 Å². The highest BCUT2D eigenvalue weighted by Crippen LogP contribution is 2.44. The van der Waals surface area contributed by atoms with Crippen LogP contribution in [0.3, 0.4) is 0 Å². The molecule has 4 aromatic rings. The average molecular weight is 540 g/mol. The maximum absolute atomic E-state index is 13.7. The Morgan fingerprint density at radius 2 is 1.62 bits per heavy atom. The first-order chi connectivity index (χ1) is 18.9. The number of amides is 1. The van der Waals surface area contributed by atoms with Gasteiger partial charge in [0.2, 0.25) is 5.95 Å². The van der Waals surface area contributed by atoms with Crippen molar-refractivity contribution in [2.75, 3.05) is 19.1 Å². The highest BCUT2D eigenvalue weighted by molar-refractivity contribution is 6.51. The molecule has 1 aliphatic rings. The summed E-state index contributed by atoms with van der Waals surface area (Å²) in [5.41, 5.74) is 5.16. The standard InChI is InChI=1S/C32H33N3O5/c1-17-14-23-24(15-18(17)2)34-31(33-23)35-27(19-8-11-21(39-6)12-9-19)26(29(37)30(35)38)28(36)22-16-20(32(3,4)5)10-13-25(22)40-7/h8-16,27,36H,1-7H3,(H,33,34)/b28-26+. The quantitative estimate of drug-likeness (QED) is 0.180. The van der Waals surface area contributed by atoms with Crippen LogP contribution in [0.2, 0.25) is 0 Å². The summed E-state index contributed by atoms with van der Waals surface area (Å²) in [6.45, 7) is 10.2. The molecule has 0 aliphatic carbocycles. The predicted molar refractivity (Wildman–Crippen MR) is 155 cm³/mol.